The highest BCUT2D eigenvalue weighted by molar-refractivity contribution is 5.03. The Bertz CT molecular complexity index is 190. The highest BCUT2D eigenvalue weighted by Crippen LogP contribution is 2.08. The Morgan fingerprint density at radius 3 is 2.31 bits per heavy atom. The third-order valence-corrected chi connectivity index (χ3v) is 2.02. The largest absolute Gasteiger partial charge is 0.365 e. The van der Waals surface area contributed by atoms with E-state index < -0.39 is 6.29 Å². The minimum absolute atomic E-state index is 0.898. The zero-order valence-corrected chi connectivity index (χ0v) is 8.75. The van der Waals surface area contributed by atoms with Gasteiger partial charge in [0.2, 0.25) is 0 Å². The van der Waals surface area contributed by atoms with Gasteiger partial charge in [-0.25, -0.2) is 0 Å². The maximum absolute atomic E-state index is 8.64. The number of rotatable bonds is 5. The smallest absolute Gasteiger partial charge is 0.171 e. The second-order valence-corrected chi connectivity index (χ2v) is 3.37. The van der Waals surface area contributed by atoms with Crippen LogP contribution in [-0.2, 0) is 0 Å². The first-order valence-corrected chi connectivity index (χ1v) is 4.75. The van der Waals surface area contributed by atoms with Gasteiger partial charge in [0.15, 0.2) is 6.29 Å². The molecule has 0 saturated carbocycles. The molecule has 0 aromatic rings. The molecular formula is C11H20O2. The number of aliphatic hydroxyl groups excluding tert-OH is 1. The van der Waals surface area contributed by atoms with Gasteiger partial charge >= 0.3 is 0 Å². The van der Waals surface area contributed by atoms with Gasteiger partial charge in [-0.3, -0.25) is 0 Å². The maximum atomic E-state index is 8.64. The van der Waals surface area contributed by atoms with E-state index in [4.69, 9.17) is 10.2 Å². The highest BCUT2D eigenvalue weighted by atomic mass is 16.5. The number of aliphatic hydroxyl groups is 2. The van der Waals surface area contributed by atoms with Gasteiger partial charge < -0.3 is 10.2 Å². The summed E-state index contributed by atoms with van der Waals surface area (Å²) >= 11 is 0. The number of hydrogen-bond acceptors (Lipinski definition) is 2. The third-order valence-electron chi connectivity index (χ3n) is 2.02. The minimum Gasteiger partial charge on any atom is -0.365 e. The first-order valence-electron chi connectivity index (χ1n) is 4.75. The molecule has 2 heteroatoms. The van der Waals surface area contributed by atoms with Crippen molar-refractivity contribution in [2.75, 3.05) is 0 Å². The first-order chi connectivity index (χ1) is 6.06. The van der Waals surface area contributed by atoms with Crippen molar-refractivity contribution in [2.24, 2.45) is 0 Å². The summed E-state index contributed by atoms with van der Waals surface area (Å²) in [5.74, 6) is 0. The second kappa shape index (κ2) is 6.87. The minimum atomic E-state index is -1.31. The predicted molar refractivity (Wildman–Crippen MR) is 55.3 cm³/mol. The van der Waals surface area contributed by atoms with Crippen molar-refractivity contribution >= 4 is 0 Å². The lowest BCUT2D eigenvalue weighted by atomic mass is 10.1. The van der Waals surface area contributed by atoms with Crippen LogP contribution in [0.15, 0.2) is 23.3 Å². The molecule has 13 heavy (non-hydrogen) atoms. The Morgan fingerprint density at radius 2 is 1.85 bits per heavy atom. The number of hydrogen-bond donors (Lipinski definition) is 2. The molecule has 0 radical (unpaired) electrons. The van der Waals surface area contributed by atoms with E-state index in [2.05, 4.69) is 19.9 Å². The quantitative estimate of drug-likeness (QED) is 0.508. The van der Waals surface area contributed by atoms with Gasteiger partial charge in [0.25, 0.3) is 0 Å². The van der Waals surface area contributed by atoms with Crippen molar-refractivity contribution in [1.82, 2.24) is 0 Å². The topological polar surface area (TPSA) is 40.5 Å². The molecule has 2 N–H and O–H groups in total. The van der Waals surface area contributed by atoms with Crippen molar-refractivity contribution in [3.8, 4) is 0 Å². The summed E-state index contributed by atoms with van der Waals surface area (Å²) < 4.78 is 0. The molecule has 0 saturated heterocycles. The van der Waals surface area contributed by atoms with E-state index in [1.165, 1.54) is 11.6 Å². The van der Waals surface area contributed by atoms with Gasteiger partial charge in [-0.05, 0) is 39.2 Å². The Hall–Kier alpha value is -0.600. The zero-order valence-electron chi connectivity index (χ0n) is 8.75. The summed E-state index contributed by atoms with van der Waals surface area (Å²) in [7, 11) is 0. The standard InChI is InChI=1S/C11H20O2/c1-4-9(2)6-5-7-10(3)8-11(12)13/h6,8,11-13H,4-5,7H2,1-3H3. The molecule has 0 aliphatic carbocycles. The summed E-state index contributed by atoms with van der Waals surface area (Å²) in [4.78, 5) is 0. The first kappa shape index (κ1) is 12.4. The molecule has 0 aromatic heterocycles. The van der Waals surface area contributed by atoms with Crippen molar-refractivity contribution in [2.45, 2.75) is 46.3 Å². The van der Waals surface area contributed by atoms with Crippen LogP contribution in [0.4, 0.5) is 0 Å². The lowest BCUT2D eigenvalue weighted by Crippen LogP contribution is -1.99. The molecule has 0 atom stereocenters. The van der Waals surface area contributed by atoms with Crippen LogP contribution in [0.25, 0.3) is 0 Å². The van der Waals surface area contributed by atoms with Crippen LogP contribution < -0.4 is 0 Å². The molecule has 0 rings (SSSR count). The lowest BCUT2D eigenvalue weighted by Gasteiger charge is -2.01. The summed E-state index contributed by atoms with van der Waals surface area (Å²) in [6.45, 7) is 6.15. The molecule has 0 heterocycles. The molecule has 0 bridgehead atoms. The van der Waals surface area contributed by atoms with E-state index >= 15 is 0 Å². The van der Waals surface area contributed by atoms with Crippen molar-refractivity contribution in [3.63, 3.8) is 0 Å². The van der Waals surface area contributed by atoms with E-state index in [9.17, 15) is 0 Å². The van der Waals surface area contributed by atoms with Crippen molar-refractivity contribution in [3.05, 3.63) is 23.3 Å². The summed E-state index contributed by atoms with van der Waals surface area (Å²) in [5, 5.41) is 17.3. The lowest BCUT2D eigenvalue weighted by molar-refractivity contribution is 0.00164. The van der Waals surface area contributed by atoms with Crippen molar-refractivity contribution < 1.29 is 10.2 Å². The third kappa shape index (κ3) is 7.75. The van der Waals surface area contributed by atoms with Gasteiger partial charge in [-0.2, -0.15) is 0 Å². The van der Waals surface area contributed by atoms with E-state index in [1.807, 2.05) is 6.92 Å². The highest BCUT2D eigenvalue weighted by Gasteiger charge is 1.93. The van der Waals surface area contributed by atoms with Gasteiger partial charge in [-0.15, -0.1) is 0 Å². The molecule has 0 spiro atoms. The molecule has 0 unspecified atom stereocenters. The predicted octanol–water partition coefficient (Wildman–Crippen LogP) is 2.38. The molecule has 0 amide bonds. The fourth-order valence-corrected chi connectivity index (χ4v) is 1.03. The van der Waals surface area contributed by atoms with Crippen LogP contribution in [0.3, 0.4) is 0 Å². The van der Waals surface area contributed by atoms with Crippen LogP contribution >= 0.6 is 0 Å². The average Bonchev–Trinajstić information content (AvgIpc) is 2.02. The summed E-state index contributed by atoms with van der Waals surface area (Å²) in [6.07, 6.45) is 5.32. The van der Waals surface area contributed by atoms with Gasteiger partial charge in [0.05, 0.1) is 0 Å². The van der Waals surface area contributed by atoms with Gasteiger partial charge in [0.1, 0.15) is 0 Å². The van der Waals surface area contributed by atoms with Gasteiger partial charge in [-0.1, -0.05) is 24.1 Å². The van der Waals surface area contributed by atoms with Gasteiger partial charge in [0, 0.05) is 0 Å². The fourth-order valence-electron chi connectivity index (χ4n) is 1.03. The molecular weight excluding hydrogens is 164 g/mol. The van der Waals surface area contributed by atoms with E-state index in [-0.39, 0.29) is 0 Å². The molecule has 0 aliphatic heterocycles. The Morgan fingerprint density at radius 1 is 1.23 bits per heavy atom. The Kier molecular flexibility index (Phi) is 6.55. The van der Waals surface area contributed by atoms with Crippen LogP contribution in [0.2, 0.25) is 0 Å². The van der Waals surface area contributed by atoms with Crippen LogP contribution in [-0.4, -0.2) is 16.5 Å². The SMILES string of the molecule is CCC(C)=CCCC(C)=CC(O)O. The molecule has 2 nitrogen and oxygen atoms in total. The van der Waals surface area contributed by atoms with E-state index in [1.54, 1.807) is 0 Å². The second-order valence-electron chi connectivity index (χ2n) is 3.37. The monoisotopic (exact) mass is 184 g/mol. The fraction of sp³-hybridized carbons (Fsp3) is 0.636. The average molecular weight is 184 g/mol. The summed E-state index contributed by atoms with van der Waals surface area (Å²) in [6, 6.07) is 0. The van der Waals surface area contributed by atoms with Crippen LogP contribution in [0.5, 0.6) is 0 Å². The molecule has 0 fully saturated rings. The zero-order chi connectivity index (χ0) is 10.3. The number of allylic oxidation sites excluding steroid dienone is 3. The van der Waals surface area contributed by atoms with E-state index in [0.29, 0.717) is 0 Å². The molecule has 0 aromatic carbocycles. The molecule has 0 aliphatic rings. The normalized spacial score (nSPS) is 14.0. The Labute approximate surface area is 80.6 Å². The Balaban J connectivity index is 3.77. The molecule has 76 valence electrons. The van der Waals surface area contributed by atoms with E-state index in [0.717, 1.165) is 24.8 Å². The summed E-state index contributed by atoms with van der Waals surface area (Å²) in [5.41, 5.74) is 2.41. The van der Waals surface area contributed by atoms with Crippen LogP contribution in [0.1, 0.15) is 40.0 Å². The van der Waals surface area contributed by atoms with Crippen LogP contribution in [0, 0.1) is 0 Å². The maximum Gasteiger partial charge on any atom is 0.171 e. The van der Waals surface area contributed by atoms with Crippen molar-refractivity contribution in [1.29, 1.82) is 0 Å².